The highest BCUT2D eigenvalue weighted by molar-refractivity contribution is 14.0. The van der Waals surface area contributed by atoms with E-state index in [1.807, 2.05) is 29.2 Å². The van der Waals surface area contributed by atoms with Gasteiger partial charge in [-0.2, -0.15) is 0 Å². The third kappa shape index (κ3) is 7.65. The Balaban J connectivity index is 0.00000392. The van der Waals surface area contributed by atoms with Gasteiger partial charge < -0.3 is 20.4 Å². The van der Waals surface area contributed by atoms with Crippen molar-refractivity contribution in [2.24, 2.45) is 4.99 Å². The van der Waals surface area contributed by atoms with Crippen LogP contribution in [0, 0.1) is 0 Å². The average Bonchev–Trinajstić information content (AvgIpc) is 3.09. The molecule has 0 aliphatic carbocycles. The maximum atomic E-state index is 11.8. The van der Waals surface area contributed by atoms with Gasteiger partial charge in [0, 0.05) is 39.3 Å². The summed E-state index contributed by atoms with van der Waals surface area (Å²) in [6.45, 7) is 4.46. The molecule has 0 saturated carbocycles. The van der Waals surface area contributed by atoms with Crippen LogP contribution in [0.15, 0.2) is 29.3 Å². The molecule has 1 saturated heterocycles. The molecule has 1 aliphatic rings. The van der Waals surface area contributed by atoms with Crippen LogP contribution in [0.5, 0.6) is 0 Å². The number of carbonyl (C=O) groups excluding carboxylic acids is 2. The fourth-order valence-electron chi connectivity index (χ4n) is 2.75. The number of anilines is 1. The van der Waals surface area contributed by atoms with Gasteiger partial charge in [-0.3, -0.25) is 9.59 Å². The Morgan fingerprint density at radius 1 is 1.21 bits per heavy atom. The molecule has 1 aromatic rings. The third-order valence-electron chi connectivity index (χ3n) is 4.47. The lowest BCUT2D eigenvalue weighted by molar-refractivity contribution is -0.127. The molecule has 1 aliphatic heterocycles. The number of nitrogens with zero attached hydrogens (tertiary/aromatic N) is 3. The fraction of sp³-hybridized carbons (Fsp3) is 0.550. The first-order valence-corrected chi connectivity index (χ1v) is 9.63. The summed E-state index contributed by atoms with van der Waals surface area (Å²) in [5.74, 6) is 0.829. The zero-order valence-corrected chi connectivity index (χ0v) is 19.4. The van der Waals surface area contributed by atoms with Crippen LogP contribution in [0.2, 0.25) is 0 Å². The number of aliphatic imine (C=N–C) groups is 1. The molecule has 0 atom stereocenters. The predicted molar refractivity (Wildman–Crippen MR) is 124 cm³/mol. The van der Waals surface area contributed by atoms with E-state index in [1.165, 1.54) is 0 Å². The van der Waals surface area contributed by atoms with Gasteiger partial charge in [0.2, 0.25) is 11.8 Å². The molecule has 2 rings (SSSR count). The van der Waals surface area contributed by atoms with Gasteiger partial charge in [-0.05, 0) is 30.5 Å². The second-order valence-electron chi connectivity index (χ2n) is 6.90. The van der Waals surface area contributed by atoms with Crippen LogP contribution in [0.4, 0.5) is 5.69 Å². The predicted octanol–water partition coefficient (Wildman–Crippen LogP) is 2.35. The number of rotatable bonds is 8. The van der Waals surface area contributed by atoms with Gasteiger partial charge in [0.05, 0.1) is 13.1 Å². The number of amides is 2. The first kappa shape index (κ1) is 24.2. The Labute approximate surface area is 185 Å². The quantitative estimate of drug-likeness (QED) is 0.248. The number of unbranched alkanes of at least 4 members (excludes halogenated alkanes) is 1. The number of benzene rings is 1. The Bertz CT molecular complexity index is 661. The monoisotopic (exact) mass is 501 g/mol. The summed E-state index contributed by atoms with van der Waals surface area (Å²) < 4.78 is 0. The second kappa shape index (κ2) is 12.6. The van der Waals surface area contributed by atoms with Crippen LogP contribution in [-0.4, -0.2) is 56.4 Å². The minimum Gasteiger partial charge on any atom is -0.356 e. The summed E-state index contributed by atoms with van der Waals surface area (Å²) in [5.41, 5.74) is 2.00. The van der Waals surface area contributed by atoms with E-state index in [0.717, 1.165) is 43.6 Å². The van der Waals surface area contributed by atoms with Crippen LogP contribution in [0.25, 0.3) is 0 Å². The Kier molecular flexibility index (Phi) is 10.9. The van der Waals surface area contributed by atoms with E-state index in [-0.39, 0.29) is 42.3 Å². The lowest BCUT2D eigenvalue weighted by Gasteiger charge is -2.16. The van der Waals surface area contributed by atoms with Crippen molar-refractivity contribution in [3.8, 4) is 0 Å². The summed E-state index contributed by atoms with van der Waals surface area (Å²) in [6.07, 6.45) is 3.69. The van der Waals surface area contributed by atoms with Gasteiger partial charge in [-0.1, -0.05) is 25.5 Å². The zero-order valence-electron chi connectivity index (χ0n) is 17.0. The van der Waals surface area contributed by atoms with Crippen LogP contribution in [0.1, 0.15) is 38.2 Å². The Hall–Kier alpha value is -1.84. The van der Waals surface area contributed by atoms with Gasteiger partial charge in [-0.15, -0.1) is 24.0 Å². The van der Waals surface area contributed by atoms with Gasteiger partial charge >= 0.3 is 0 Å². The van der Waals surface area contributed by atoms with Crippen LogP contribution in [-0.2, 0) is 16.1 Å². The molecule has 0 spiro atoms. The zero-order chi connectivity index (χ0) is 19.6. The number of halogens is 1. The molecule has 2 amide bonds. The van der Waals surface area contributed by atoms with Crippen molar-refractivity contribution in [2.45, 2.75) is 39.2 Å². The van der Waals surface area contributed by atoms with Crippen molar-refractivity contribution >= 4 is 47.4 Å². The van der Waals surface area contributed by atoms with Crippen LogP contribution >= 0.6 is 24.0 Å². The van der Waals surface area contributed by atoms with E-state index in [9.17, 15) is 9.59 Å². The topological polar surface area (TPSA) is 77.0 Å². The number of guanidine groups is 1. The summed E-state index contributed by atoms with van der Waals surface area (Å²) in [7, 11) is 3.47. The lowest BCUT2D eigenvalue weighted by atomic mass is 10.2. The van der Waals surface area contributed by atoms with E-state index in [0.29, 0.717) is 18.9 Å². The first-order chi connectivity index (χ1) is 13.0. The van der Waals surface area contributed by atoms with Crippen molar-refractivity contribution in [1.29, 1.82) is 0 Å². The lowest BCUT2D eigenvalue weighted by Crippen LogP contribution is -2.43. The normalized spacial score (nSPS) is 13.9. The molecule has 1 heterocycles. The molecule has 7 nitrogen and oxygen atoms in total. The number of hydrogen-bond donors (Lipinski definition) is 2. The molecule has 1 fully saturated rings. The van der Waals surface area contributed by atoms with E-state index in [1.54, 1.807) is 19.0 Å². The van der Waals surface area contributed by atoms with E-state index in [4.69, 9.17) is 0 Å². The molecular weight excluding hydrogens is 469 g/mol. The Morgan fingerprint density at radius 3 is 2.50 bits per heavy atom. The molecule has 1 aromatic carbocycles. The summed E-state index contributed by atoms with van der Waals surface area (Å²) >= 11 is 0. The van der Waals surface area contributed by atoms with Crippen molar-refractivity contribution in [3.05, 3.63) is 29.8 Å². The molecule has 8 heteroatoms. The summed E-state index contributed by atoms with van der Waals surface area (Å²) in [6, 6.07) is 7.95. The molecule has 0 radical (unpaired) electrons. The van der Waals surface area contributed by atoms with Crippen molar-refractivity contribution in [3.63, 3.8) is 0 Å². The number of carbonyl (C=O) groups is 2. The Morgan fingerprint density at radius 2 is 1.93 bits per heavy atom. The highest BCUT2D eigenvalue weighted by Gasteiger charge is 2.21. The van der Waals surface area contributed by atoms with E-state index in [2.05, 4.69) is 22.5 Å². The summed E-state index contributed by atoms with van der Waals surface area (Å²) in [5, 5.41) is 6.35. The fourth-order valence-corrected chi connectivity index (χ4v) is 2.75. The van der Waals surface area contributed by atoms with Gasteiger partial charge in [0.25, 0.3) is 0 Å². The van der Waals surface area contributed by atoms with E-state index >= 15 is 0 Å². The molecular formula is C20H32IN5O2. The summed E-state index contributed by atoms with van der Waals surface area (Å²) in [4.78, 5) is 31.6. The first-order valence-electron chi connectivity index (χ1n) is 9.63. The third-order valence-corrected chi connectivity index (χ3v) is 4.47. The largest absolute Gasteiger partial charge is 0.356 e. The van der Waals surface area contributed by atoms with Gasteiger partial charge in [0.1, 0.15) is 0 Å². The number of likely N-dealkylation sites (N-methyl/N-ethyl adjacent to an activating group) is 1. The highest BCUT2D eigenvalue weighted by Crippen LogP contribution is 2.21. The molecule has 156 valence electrons. The number of hydrogen-bond acceptors (Lipinski definition) is 3. The maximum absolute atomic E-state index is 11.8. The number of nitrogens with one attached hydrogen (secondary N) is 2. The van der Waals surface area contributed by atoms with Crippen LogP contribution < -0.4 is 15.5 Å². The minimum absolute atomic E-state index is 0. The molecule has 0 bridgehead atoms. The second-order valence-corrected chi connectivity index (χ2v) is 6.90. The maximum Gasteiger partial charge on any atom is 0.241 e. The van der Waals surface area contributed by atoms with Crippen molar-refractivity contribution < 1.29 is 9.59 Å². The van der Waals surface area contributed by atoms with E-state index < -0.39 is 0 Å². The van der Waals surface area contributed by atoms with Gasteiger partial charge in [-0.25, -0.2) is 4.99 Å². The molecule has 2 N–H and O–H groups in total. The average molecular weight is 501 g/mol. The minimum atomic E-state index is -0.000347. The van der Waals surface area contributed by atoms with Crippen molar-refractivity contribution in [2.75, 3.05) is 38.6 Å². The SMILES string of the molecule is CCCCNC(=NCc1ccc(N2CCCC2=O)cc1)NCC(=O)N(C)C.I. The molecule has 0 unspecified atom stereocenters. The smallest absolute Gasteiger partial charge is 0.241 e. The van der Waals surface area contributed by atoms with Gasteiger partial charge in [0.15, 0.2) is 5.96 Å². The highest BCUT2D eigenvalue weighted by atomic mass is 127. The standard InChI is InChI=1S/C20H31N5O2.HI/c1-4-5-12-21-20(23-15-19(27)24(2)3)22-14-16-8-10-17(11-9-16)25-13-6-7-18(25)26;/h8-11H,4-7,12-15H2,1-3H3,(H2,21,22,23);1H. The molecule has 0 aromatic heterocycles. The van der Waals surface area contributed by atoms with Crippen molar-refractivity contribution in [1.82, 2.24) is 15.5 Å². The van der Waals surface area contributed by atoms with Crippen LogP contribution in [0.3, 0.4) is 0 Å². The molecule has 28 heavy (non-hydrogen) atoms.